The number of hydrogen-bond donors (Lipinski definition) is 0. The van der Waals surface area contributed by atoms with Crippen LogP contribution in [0.1, 0.15) is 0 Å². The third-order valence-electron chi connectivity index (χ3n) is 2.69. The van der Waals surface area contributed by atoms with Gasteiger partial charge in [-0.2, -0.15) is 0 Å². The van der Waals surface area contributed by atoms with Gasteiger partial charge in [0, 0.05) is 20.2 Å². The zero-order valence-electron chi connectivity index (χ0n) is 8.84. The van der Waals surface area contributed by atoms with Crippen molar-refractivity contribution in [1.29, 1.82) is 0 Å². The molecule has 3 rings (SSSR count). The molecule has 0 bridgehead atoms. The Kier molecular flexibility index (Phi) is 2.27. The smallest absolute Gasteiger partial charge is 0.234 e. The van der Waals surface area contributed by atoms with E-state index in [4.69, 9.17) is 0 Å². The molecule has 0 aliphatic heterocycles. The topological polar surface area (TPSA) is 34.1 Å². The van der Waals surface area contributed by atoms with Gasteiger partial charge in [-0.25, -0.2) is 0 Å². The predicted molar refractivity (Wildman–Crippen MR) is 71.9 cm³/mol. The summed E-state index contributed by atoms with van der Waals surface area (Å²) >= 11 is 1.47. The second-order valence-corrected chi connectivity index (χ2v) is 4.84. The van der Waals surface area contributed by atoms with Crippen molar-refractivity contribution in [2.45, 2.75) is 0 Å². The standard InChI is InChI=1S/C14H8O2S/c15-13-9-5-1-3-7-11(9)17-12-8-4-2-6-10(12)14(13)16/h1-8H. The zero-order chi connectivity index (χ0) is 11.8. The lowest BCUT2D eigenvalue weighted by atomic mass is 10.2. The summed E-state index contributed by atoms with van der Waals surface area (Å²) in [7, 11) is 0. The van der Waals surface area contributed by atoms with Crippen LogP contribution in [0.2, 0.25) is 0 Å². The van der Waals surface area contributed by atoms with Crippen molar-refractivity contribution in [2.75, 3.05) is 0 Å². The van der Waals surface area contributed by atoms with Crippen LogP contribution in [0.3, 0.4) is 0 Å². The Morgan fingerprint density at radius 2 is 1.06 bits per heavy atom. The van der Waals surface area contributed by atoms with Crippen LogP contribution < -0.4 is 10.9 Å². The number of fused-ring (bicyclic) bond motifs is 2. The summed E-state index contributed by atoms with van der Waals surface area (Å²) in [5.74, 6) is 0. The van der Waals surface area contributed by atoms with E-state index in [0.717, 1.165) is 9.40 Å². The van der Waals surface area contributed by atoms with Gasteiger partial charge in [-0.1, -0.05) is 24.3 Å². The van der Waals surface area contributed by atoms with Crippen molar-refractivity contribution >= 4 is 31.5 Å². The summed E-state index contributed by atoms with van der Waals surface area (Å²) < 4.78 is 1.69. The quantitative estimate of drug-likeness (QED) is 0.566. The van der Waals surface area contributed by atoms with Gasteiger partial charge >= 0.3 is 0 Å². The van der Waals surface area contributed by atoms with Crippen molar-refractivity contribution < 1.29 is 0 Å². The highest BCUT2D eigenvalue weighted by Crippen LogP contribution is 2.20. The summed E-state index contributed by atoms with van der Waals surface area (Å²) in [6, 6.07) is 14.4. The van der Waals surface area contributed by atoms with E-state index < -0.39 is 10.9 Å². The molecular formula is C14H8O2S. The van der Waals surface area contributed by atoms with Crippen LogP contribution >= 0.6 is 11.3 Å². The maximum absolute atomic E-state index is 12.0. The molecule has 0 spiro atoms. The first-order valence-electron chi connectivity index (χ1n) is 5.22. The molecule has 0 aliphatic rings. The van der Waals surface area contributed by atoms with Crippen LogP contribution in [-0.4, -0.2) is 0 Å². The molecule has 1 heterocycles. The van der Waals surface area contributed by atoms with Crippen molar-refractivity contribution in [3.8, 4) is 0 Å². The average Bonchev–Trinajstić information content (AvgIpc) is 2.48. The second kappa shape index (κ2) is 3.79. The lowest BCUT2D eigenvalue weighted by Crippen LogP contribution is -2.20. The van der Waals surface area contributed by atoms with Gasteiger partial charge in [-0.3, -0.25) is 9.59 Å². The zero-order valence-corrected chi connectivity index (χ0v) is 9.66. The van der Waals surface area contributed by atoms with Crippen LogP contribution in [0.15, 0.2) is 58.1 Å². The van der Waals surface area contributed by atoms with Gasteiger partial charge in [-0.15, -0.1) is 11.3 Å². The van der Waals surface area contributed by atoms with Crippen LogP contribution in [-0.2, 0) is 0 Å². The Hall–Kier alpha value is -2.00. The summed E-state index contributed by atoms with van der Waals surface area (Å²) in [6.45, 7) is 0. The molecule has 2 aromatic carbocycles. The molecule has 3 aromatic rings. The summed E-state index contributed by atoms with van der Waals surface area (Å²) in [6.07, 6.45) is 0. The van der Waals surface area contributed by atoms with Gasteiger partial charge in [0.25, 0.3) is 0 Å². The Morgan fingerprint density at radius 3 is 1.53 bits per heavy atom. The Morgan fingerprint density at radius 1 is 0.647 bits per heavy atom. The van der Waals surface area contributed by atoms with Crippen LogP contribution in [0.4, 0.5) is 0 Å². The lowest BCUT2D eigenvalue weighted by Gasteiger charge is -1.88. The van der Waals surface area contributed by atoms with Gasteiger partial charge in [0.1, 0.15) is 0 Å². The molecular weight excluding hydrogens is 232 g/mol. The Bertz CT molecular complexity index is 765. The first-order chi connectivity index (χ1) is 8.27. The molecule has 0 N–H and O–H groups in total. The largest absolute Gasteiger partial charge is 0.285 e. The minimum absolute atomic E-state index is 0.418. The van der Waals surface area contributed by atoms with Gasteiger partial charge in [0.15, 0.2) is 0 Å². The normalized spacial score (nSPS) is 10.8. The van der Waals surface area contributed by atoms with Gasteiger partial charge in [-0.05, 0) is 24.3 Å². The number of benzene rings is 2. The van der Waals surface area contributed by atoms with Gasteiger partial charge in [0.05, 0.1) is 0 Å². The molecule has 1 aromatic heterocycles. The fourth-order valence-corrected chi connectivity index (χ4v) is 2.92. The molecule has 2 nitrogen and oxygen atoms in total. The number of rotatable bonds is 0. The maximum atomic E-state index is 12.0. The van der Waals surface area contributed by atoms with E-state index in [1.165, 1.54) is 11.3 Å². The van der Waals surface area contributed by atoms with E-state index >= 15 is 0 Å². The van der Waals surface area contributed by atoms with Gasteiger partial charge in [0.2, 0.25) is 10.9 Å². The molecule has 0 aliphatic carbocycles. The van der Waals surface area contributed by atoms with Crippen molar-refractivity contribution in [3.63, 3.8) is 0 Å². The van der Waals surface area contributed by atoms with Crippen molar-refractivity contribution in [1.82, 2.24) is 0 Å². The highest BCUT2D eigenvalue weighted by molar-refractivity contribution is 7.24. The molecule has 0 fully saturated rings. The summed E-state index contributed by atoms with van der Waals surface area (Å²) in [4.78, 5) is 24.1. The summed E-state index contributed by atoms with van der Waals surface area (Å²) in [5.41, 5.74) is -0.837. The molecule has 0 saturated carbocycles. The SMILES string of the molecule is O=c1c(=O)c2ccccc2sc2ccccc12. The molecule has 82 valence electrons. The first-order valence-corrected chi connectivity index (χ1v) is 6.04. The lowest BCUT2D eigenvalue weighted by molar-refractivity contribution is 1.62. The first kappa shape index (κ1) is 10.2. The maximum Gasteiger partial charge on any atom is 0.234 e. The third-order valence-corrected chi connectivity index (χ3v) is 3.84. The highest BCUT2D eigenvalue weighted by atomic mass is 32.1. The Labute approximate surface area is 101 Å². The van der Waals surface area contributed by atoms with Crippen molar-refractivity contribution in [3.05, 3.63) is 69.0 Å². The molecule has 3 heteroatoms. The minimum atomic E-state index is -0.418. The minimum Gasteiger partial charge on any atom is -0.285 e. The third kappa shape index (κ3) is 1.56. The van der Waals surface area contributed by atoms with E-state index in [0.29, 0.717) is 10.8 Å². The van der Waals surface area contributed by atoms with Crippen LogP contribution in [0.5, 0.6) is 0 Å². The fraction of sp³-hybridized carbons (Fsp3) is 0. The van der Waals surface area contributed by atoms with E-state index in [-0.39, 0.29) is 0 Å². The van der Waals surface area contributed by atoms with E-state index in [1.54, 1.807) is 24.3 Å². The summed E-state index contributed by atoms with van der Waals surface area (Å²) in [5, 5.41) is 0.998. The van der Waals surface area contributed by atoms with Crippen LogP contribution in [0.25, 0.3) is 20.2 Å². The van der Waals surface area contributed by atoms with E-state index in [9.17, 15) is 9.59 Å². The average molecular weight is 240 g/mol. The van der Waals surface area contributed by atoms with Crippen LogP contribution in [0, 0.1) is 0 Å². The predicted octanol–water partition coefficient (Wildman–Crippen LogP) is 2.77. The van der Waals surface area contributed by atoms with Crippen molar-refractivity contribution in [2.24, 2.45) is 0 Å². The Balaban J connectivity index is 2.77. The molecule has 0 radical (unpaired) electrons. The molecule has 0 unspecified atom stereocenters. The highest BCUT2D eigenvalue weighted by Gasteiger charge is 2.05. The monoisotopic (exact) mass is 240 g/mol. The molecule has 0 amide bonds. The van der Waals surface area contributed by atoms with E-state index in [2.05, 4.69) is 0 Å². The number of hydrogen-bond acceptors (Lipinski definition) is 3. The molecule has 17 heavy (non-hydrogen) atoms. The molecule has 0 atom stereocenters. The second-order valence-electron chi connectivity index (χ2n) is 3.75. The van der Waals surface area contributed by atoms with Gasteiger partial charge < -0.3 is 0 Å². The fourth-order valence-electron chi connectivity index (χ4n) is 1.85. The molecule has 0 saturated heterocycles. The van der Waals surface area contributed by atoms with E-state index in [1.807, 2.05) is 24.3 Å².